The fraction of sp³-hybridized carbons (Fsp3) is 0.556. The first kappa shape index (κ1) is 20.5. The third-order valence-electron chi connectivity index (χ3n) is 4.26. The van der Waals surface area contributed by atoms with E-state index in [1.807, 2.05) is 13.1 Å². The molecule has 0 radical (unpaired) electrons. The monoisotopic (exact) mass is 353 g/mol. The van der Waals surface area contributed by atoms with Crippen LogP contribution in [-0.2, 0) is 4.79 Å². The minimum atomic E-state index is -0.102. The first-order chi connectivity index (χ1) is 11.2. The molecule has 134 valence electrons. The molecule has 0 heterocycles. The summed E-state index contributed by atoms with van der Waals surface area (Å²) in [5, 5.41) is 8.88. The molecule has 2 rings (SSSR count). The number of rotatable bonds is 7. The lowest BCUT2D eigenvalue weighted by Crippen LogP contribution is -2.27. The molecule has 1 aromatic carbocycles. The highest BCUT2D eigenvalue weighted by Gasteiger charge is 2.21. The lowest BCUT2D eigenvalue weighted by molar-refractivity contribution is -0.120. The Hall–Kier alpha value is -1.59. The third-order valence-corrected chi connectivity index (χ3v) is 4.26. The fourth-order valence-electron chi connectivity index (χ4n) is 2.92. The zero-order chi connectivity index (χ0) is 16.5. The Morgan fingerprint density at radius 2 is 1.88 bits per heavy atom. The van der Waals surface area contributed by atoms with E-state index >= 15 is 0 Å². The summed E-state index contributed by atoms with van der Waals surface area (Å²) in [6.07, 6.45) is 6.32. The van der Waals surface area contributed by atoms with Crippen molar-refractivity contribution >= 4 is 29.9 Å². The van der Waals surface area contributed by atoms with Crippen molar-refractivity contribution in [1.82, 2.24) is 10.6 Å². The molecule has 0 aromatic heterocycles. The normalized spacial score (nSPS) is 14.5. The van der Waals surface area contributed by atoms with Gasteiger partial charge in [-0.1, -0.05) is 25.3 Å². The van der Waals surface area contributed by atoms with Crippen LogP contribution in [0.15, 0.2) is 24.3 Å². The summed E-state index contributed by atoms with van der Waals surface area (Å²) in [6.45, 7) is 1.51. The summed E-state index contributed by atoms with van der Waals surface area (Å²) < 4.78 is 0. The highest BCUT2D eigenvalue weighted by molar-refractivity contribution is 5.97. The van der Waals surface area contributed by atoms with E-state index in [2.05, 4.69) is 16.0 Å². The van der Waals surface area contributed by atoms with Crippen LogP contribution in [0.4, 0.5) is 5.69 Å². The molecule has 1 fully saturated rings. The van der Waals surface area contributed by atoms with Crippen molar-refractivity contribution < 1.29 is 9.59 Å². The number of amides is 2. The van der Waals surface area contributed by atoms with E-state index < -0.39 is 0 Å². The molecule has 0 saturated heterocycles. The van der Waals surface area contributed by atoms with E-state index in [0.29, 0.717) is 17.8 Å². The molecule has 1 aromatic rings. The molecule has 0 unspecified atom stereocenters. The molecular weight excluding hydrogens is 326 g/mol. The summed E-state index contributed by atoms with van der Waals surface area (Å²) >= 11 is 0. The Morgan fingerprint density at radius 3 is 2.58 bits per heavy atom. The van der Waals surface area contributed by atoms with Crippen molar-refractivity contribution in [3.8, 4) is 0 Å². The number of hydrogen-bond donors (Lipinski definition) is 3. The number of hydrogen-bond acceptors (Lipinski definition) is 3. The maximum atomic E-state index is 12.3. The first-order valence-electron chi connectivity index (χ1n) is 8.54. The van der Waals surface area contributed by atoms with Crippen LogP contribution in [0.2, 0.25) is 0 Å². The molecule has 0 bridgehead atoms. The van der Waals surface area contributed by atoms with Gasteiger partial charge >= 0.3 is 0 Å². The van der Waals surface area contributed by atoms with Crippen molar-refractivity contribution in [1.29, 1.82) is 0 Å². The summed E-state index contributed by atoms with van der Waals surface area (Å²) in [5.74, 6) is 0.0916. The lowest BCUT2D eigenvalue weighted by atomic mass is 9.88. The van der Waals surface area contributed by atoms with Gasteiger partial charge in [0.1, 0.15) is 0 Å². The zero-order valence-electron chi connectivity index (χ0n) is 14.3. The van der Waals surface area contributed by atoms with Crippen LogP contribution < -0.4 is 16.0 Å². The molecular formula is C18H28ClN3O2. The minimum absolute atomic E-state index is 0. The van der Waals surface area contributed by atoms with Gasteiger partial charge < -0.3 is 16.0 Å². The van der Waals surface area contributed by atoms with Gasteiger partial charge in [0.15, 0.2) is 0 Å². The molecule has 1 aliphatic rings. The van der Waals surface area contributed by atoms with Gasteiger partial charge in [0, 0.05) is 23.7 Å². The van der Waals surface area contributed by atoms with Crippen LogP contribution in [0, 0.1) is 5.92 Å². The molecule has 0 atom stereocenters. The second-order valence-electron chi connectivity index (χ2n) is 6.12. The number of anilines is 1. The second-order valence-corrected chi connectivity index (χ2v) is 6.12. The predicted octanol–water partition coefficient (Wildman–Crippen LogP) is 2.97. The Morgan fingerprint density at radius 1 is 1.12 bits per heavy atom. The smallest absolute Gasteiger partial charge is 0.251 e. The van der Waals surface area contributed by atoms with E-state index in [4.69, 9.17) is 0 Å². The van der Waals surface area contributed by atoms with E-state index in [-0.39, 0.29) is 30.1 Å². The van der Waals surface area contributed by atoms with E-state index in [9.17, 15) is 9.59 Å². The number of benzene rings is 1. The average molecular weight is 354 g/mol. The Balaban J connectivity index is 0.00000288. The van der Waals surface area contributed by atoms with Gasteiger partial charge in [0.2, 0.25) is 5.91 Å². The van der Waals surface area contributed by atoms with Crippen LogP contribution in [0.25, 0.3) is 0 Å². The quantitative estimate of drug-likeness (QED) is 0.660. The van der Waals surface area contributed by atoms with E-state index in [1.54, 1.807) is 18.2 Å². The highest BCUT2D eigenvalue weighted by Crippen LogP contribution is 2.25. The molecule has 0 spiro atoms. The van der Waals surface area contributed by atoms with E-state index in [0.717, 1.165) is 38.6 Å². The summed E-state index contributed by atoms with van der Waals surface area (Å²) in [7, 11) is 1.89. The van der Waals surface area contributed by atoms with E-state index in [1.165, 1.54) is 6.42 Å². The molecule has 1 aliphatic carbocycles. The van der Waals surface area contributed by atoms with Crippen LogP contribution in [0.3, 0.4) is 0 Å². The Kier molecular flexibility index (Phi) is 9.42. The van der Waals surface area contributed by atoms with Crippen molar-refractivity contribution in [3.63, 3.8) is 0 Å². The average Bonchev–Trinajstić information content (AvgIpc) is 2.59. The maximum Gasteiger partial charge on any atom is 0.251 e. The van der Waals surface area contributed by atoms with Gasteiger partial charge in [-0.3, -0.25) is 9.59 Å². The molecule has 5 nitrogen and oxygen atoms in total. The largest absolute Gasteiger partial charge is 0.352 e. The molecule has 1 saturated carbocycles. The number of halogens is 1. The lowest BCUT2D eigenvalue weighted by Gasteiger charge is -2.20. The number of carbonyl (C=O) groups excluding carboxylic acids is 2. The maximum absolute atomic E-state index is 12.3. The van der Waals surface area contributed by atoms with Crippen LogP contribution in [-0.4, -0.2) is 32.0 Å². The van der Waals surface area contributed by atoms with Crippen molar-refractivity contribution in [2.45, 2.75) is 38.5 Å². The molecule has 0 aliphatic heterocycles. The van der Waals surface area contributed by atoms with Crippen molar-refractivity contribution in [3.05, 3.63) is 29.8 Å². The van der Waals surface area contributed by atoms with Crippen molar-refractivity contribution in [2.24, 2.45) is 5.92 Å². The van der Waals surface area contributed by atoms with Gasteiger partial charge in [0.05, 0.1) is 0 Å². The number of nitrogens with one attached hydrogen (secondary N) is 3. The van der Waals surface area contributed by atoms with Gasteiger partial charge in [0.25, 0.3) is 5.91 Å². The highest BCUT2D eigenvalue weighted by atomic mass is 35.5. The Labute approximate surface area is 150 Å². The fourth-order valence-corrected chi connectivity index (χ4v) is 2.92. The van der Waals surface area contributed by atoms with Gasteiger partial charge in [-0.2, -0.15) is 0 Å². The second kappa shape index (κ2) is 11.0. The molecule has 24 heavy (non-hydrogen) atoms. The van der Waals surface area contributed by atoms with Crippen molar-refractivity contribution in [2.75, 3.05) is 25.5 Å². The van der Waals surface area contributed by atoms with Gasteiger partial charge in [-0.05, 0) is 51.1 Å². The predicted molar refractivity (Wildman–Crippen MR) is 99.8 cm³/mol. The zero-order valence-corrected chi connectivity index (χ0v) is 15.1. The molecule has 3 N–H and O–H groups in total. The first-order valence-corrected chi connectivity index (χ1v) is 8.54. The van der Waals surface area contributed by atoms with Crippen LogP contribution in [0.5, 0.6) is 0 Å². The topological polar surface area (TPSA) is 70.2 Å². The Bertz CT molecular complexity index is 531. The summed E-state index contributed by atoms with van der Waals surface area (Å²) in [6, 6.07) is 7.15. The SMILES string of the molecule is CNCCCNC(=O)c1cccc(NC(=O)C2CCCCC2)c1.Cl. The van der Waals surface area contributed by atoms with Gasteiger partial charge in [-0.25, -0.2) is 0 Å². The standard InChI is InChI=1S/C18H27N3O2.ClH/c1-19-11-6-12-20-17(22)15-9-5-10-16(13-15)21-18(23)14-7-3-2-4-8-14;/h5,9-10,13-14,19H,2-4,6-8,11-12H2,1H3,(H,20,22)(H,21,23);1H. The third kappa shape index (κ3) is 6.49. The van der Waals surface area contributed by atoms with Crippen LogP contribution >= 0.6 is 12.4 Å². The molecule has 6 heteroatoms. The summed E-state index contributed by atoms with van der Waals surface area (Å²) in [4.78, 5) is 24.4. The summed E-state index contributed by atoms with van der Waals surface area (Å²) in [5.41, 5.74) is 1.28. The van der Waals surface area contributed by atoms with Gasteiger partial charge in [-0.15, -0.1) is 12.4 Å². The number of carbonyl (C=O) groups is 2. The van der Waals surface area contributed by atoms with Crippen LogP contribution in [0.1, 0.15) is 48.9 Å². The minimum Gasteiger partial charge on any atom is -0.352 e. The molecule has 2 amide bonds.